The molecule has 35 heavy (non-hydrogen) atoms. The maximum absolute atomic E-state index is 5.71. The normalized spacial score (nSPS) is 21.5. The Morgan fingerprint density at radius 1 is 0.829 bits per heavy atom. The Morgan fingerprint density at radius 2 is 1.57 bits per heavy atom. The van der Waals surface area contributed by atoms with Crippen molar-refractivity contribution < 1.29 is 0 Å². The van der Waals surface area contributed by atoms with E-state index in [0.29, 0.717) is 6.21 Å². The van der Waals surface area contributed by atoms with E-state index in [0.717, 1.165) is 12.4 Å². The molecule has 0 atom stereocenters. The van der Waals surface area contributed by atoms with E-state index in [2.05, 4.69) is 116 Å². The summed E-state index contributed by atoms with van der Waals surface area (Å²) in [5.74, 6) is 0. The number of hydrogen-bond donors (Lipinski definition) is 0. The van der Waals surface area contributed by atoms with Gasteiger partial charge in [-0.3, -0.25) is 0 Å². The average molecular weight is 469 g/mol. The summed E-state index contributed by atoms with van der Waals surface area (Å²) >= 11 is 0. The number of aromatic nitrogens is 1. The van der Waals surface area contributed by atoms with Crippen molar-refractivity contribution in [3.8, 4) is 5.69 Å². The molecule has 4 saturated heterocycles. The van der Waals surface area contributed by atoms with Crippen molar-refractivity contribution in [1.29, 1.82) is 0 Å². The Hall–Kier alpha value is -2.34. The summed E-state index contributed by atoms with van der Waals surface area (Å²) in [4.78, 5) is 0. The predicted octanol–water partition coefficient (Wildman–Crippen LogP) is 2.41. The molecular formula is C24H15B7N2P2-. The summed E-state index contributed by atoms with van der Waals surface area (Å²) in [7, 11) is 2.41. The van der Waals surface area contributed by atoms with Crippen LogP contribution in [0.15, 0.2) is 95.5 Å². The zero-order chi connectivity index (χ0) is 22.5. The van der Waals surface area contributed by atoms with E-state index < -0.39 is 6.39 Å². The molecule has 4 aromatic carbocycles. The van der Waals surface area contributed by atoms with Gasteiger partial charge in [0.1, 0.15) is 0 Å². The molecule has 0 unspecified atom stereocenters. The number of nitrogens with zero attached hydrogens (tertiary/aromatic N) is 2. The van der Waals surface area contributed by atoms with E-state index >= 15 is 0 Å². The summed E-state index contributed by atoms with van der Waals surface area (Å²) < 4.78 is 8.24. The first-order chi connectivity index (χ1) is 17.3. The molecule has 0 aliphatic carbocycles. The van der Waals surface area contributed by atoms with Crippen LogP contribution in [-0.4, -0.2) is 50.8 Å². The zero-order valence-electron chi connectivity index (χ0n) is 19.0. The number of hydrogen-bond acceptors (Lipinski definition) is 1. The van der Waals surface area contributed by atoms with Crippen molar-refractivity contribution in [3.63, 3.8) is 0 Å². The van der Waals surface area contributed by atoms with Gasteiger partial charge in [0.05, 0.1) is 0 Å². The van der Waals surface area contributed by atoms with Crippen LogP contribution in [-0.2, 0) is 0 Å². The molecule has 5 aromatic rings. The van der Waals surface area contributed by atoms with Gasteiger partial charge in [-0.05, 0) is 0 Å². The van der Waals surface area contributed by atoms with Crippen molar-refractivity contribution >= 4 is 104 Å². The van der Waals surface area contributed by atoms with E-state index in [-0.39, 0.29) is 14.2 Å². The number of rotatable bonds is 3. The third-order valence-electron chi connectivity index (χ3n) is 9.09. The molecule has 1 aromatic heterocycles. The molecule has 0 spiro atoms. The monoisotopic (exact) mass is 470 g/mol. The third kappa shape index (κ3) is 2.16. The van der Waals surface area contributed by atoms with E-state index in [1.54, 1.807) is 0 Å². The molecule has 5 radical (unpaired) electrons. The van der Waals surface area contributed by atoms with Crippen LogP contribution in [0.2, 0.25) is 0 Å². The van der Waals surface area contributed by atoms with Crippen molar-refractivity contribution in [2.45, 2.75) is 0 Å². The standard InChI is InChI=1S/C24H15B7N2P2/c1-2-8-16(9-3-1)28-20-11-5-7-13-23(20)33-22-12-6-4-10-18(22)19-14-17(15-21(28)24(19)33)35(26-29(35)27-35)32-34-30-25-31(30)34/h1-15H/q-1. The van der Waals surface area contributed by atoms with Gasteiger partial charge >= 0.3 is 209 Å². The number of fused-ring (bicyclic) bond motifs is 7. The zero-order valence-corrected chi connectivity index (χ0v) is 20.8. The maximum atomic E-state index is 5.71. The fourth-order valence-electron chi connectivity index (χ4n) is 6.86. The first-order valence-corrected chi connectivity index (χ1v) is 16.4. The molecule has 0 amide bonds. The summed E-state index contributed by atoms with van der Waals surface area (Å²) in [6.45, 7) is 5.50. The molecule has 5 aliphatic heterocycles. The molecule has 11 heteroatoms. The van der Waals surface area contributed by atoms with Gasteiger partial charge < -0.3 is 0 Å². The first-order valence-electron chi connectivity index (χ1n) is 12.6. The fourth-order valence-corrected chi connectivity index (χ4v) is 16.0. The number of para-hydroxylation sites is 2. The third-order valence-corrected chi connectivity index (χ3v) is 17.5. The van der Waals surface area contributed by atoms with Crippen LogP contribution in [0.25, 0.3) is 27.5 Å². The molecule has 153 valence electrons. The molecule has 0 saturated carbocycles. The Bertz CT molecular complexity index is 1840. The van der Waals surface area contributed by atoms with Crippen molar-refractivity contribution in [2.75, 3.05) is 0 Å². The van der Waals surface area contributed by atoms with Crippen molar-refractivity contribution in [2.24, 2.45) is 4.52 Å². The van der Waals surface area contributed by atoms with E-state index in [1.165, 1.54) is 49.2 Å². The van der Waals surface area contributed by atoms with E-state index in [1.807, 2.05) is 0 Å². The second kappa shape index (κ2) is 5.80. The molecular weight excluding hydrogens is 454 g/mol. The molecule has 10 rings (SSSR count). The van der Waals surface area contributed by atoms with E-state index in [4.69, 9.17) is 4.52 Å². The molecule has 0 bridgehead atoms. The average Bonchev–Trinajstić information content (AvgIpc) is 3.80. The Kier molecular flexibility index (Phi) is 3.13. The summed E-state index contributed by atoms with van der Waals surface area (Å²) in [6, 6.07) is 34.2. The van der Waals surface area contributed by atoms with Crippen LogP contribution < -0.4 is 21.7 Å². The van der Waals surface area contributed by atoms with Crippen LogP contribution in [0.1, 0.15) is 0 Å². The predicted molar refractivity (Wildman–Crippen MR) is 162 cm³/mol. The Balaban J connectivity index is 1.35. The minimum atomic E-state index is -2.24. The summed E-state index contributed by atoms with van der Waals surface area (Å²) in [6.07, 6.45) is 0.143. The minimum absolute atomic E-state index is 0.0804. The molecule has 2 nitrogen and oxygen atoms in total. The van der Waals surface area contributed by atoms with Crippen LogP contribution in [0, 0.1) is 0 Å². The van der Waals surface area contributed by atoms with Crippen LogP contribution in [0.5, 0.6) is 0 Å². The van der Waals surface area contributed by atoms with Crippen LogP contribution in [0.4, 0.5) is 0 Å². The van der Waals surface area contributed by atoms with Gasteiger partial charge in [-0.15, -0.1) is 0 Å². The second-order valence-corrected chi connectivity index (χ2v) is 17.8. The van der Waals surface area contributed by atoms with Gasteiger partial charge in [-0.2, -0.15) is 0 Å². The SMILES string of the molecule is [B]1B2[B-]P12(N=[P+]1B2[B-]B21)c1cc2c3c(c1)c1ccccc1n3-c1ccccc1B2c1ccccc1. The Labute approximate surface area is 208 Å². The van der Waals surface area contributed by atoms with Gasteiger partial charge in [0, 0.05) is 0 Å². The molecule has 5 aliphatic rings. The number of benzene rings is 4. The topological polar surface area (TPSA) is 17.3 Å². The molecule has 6 heterocycles. The molecule has 4 fully saturated rings. The van der Waals surface area contributed by atoms with Crippen LogP contribution in [0.3, 0.4) is 0 Å². The van der Waals surface area contributed by atoms with Crippen molar-refractivity contribution in [3.05, 3.63) is 91.0 Å². The van der Waals surface area contributed by atoms with Crippen LogP contribution >= 0.6 is 13.9 Å². The van der Waals surface area contributed by atoms with Crippen molar-refractivity contribution in [1.82, 2.24) is 4.57 Å². The van der Waals surface area contributed by atoms with Gasteiger partial charge in [0.15, 0.2) is 0 Å². The van der Waals surface area contributed by atoms with Gasteiger partial charge in [-0.1, -0.05) is 0 Å². The van der Waals surface area contributed by atoms with Gasteiger partial charge in [0.25, 0.3) is 0 Å². The van der Waals surface area contributed by atoms with E-state index in [9.17, 15) is 0 Å². The quantitative estimate of drug-likeness (QED) is 0.280. The molecule has 0 N–H and O–H groups in total. The van der Waals surface area contributed by atoms with Gasteiger partial charge in [-0.25, -0.2) is 0 Å². The first kappa shape index (κ1) is 18.9. The fraction of sp³-hybridized carbons (Fsp3) is 0. The second-order valence-electron chi connectivity index (χ2n) is 10.9. The summed E-state index contributed by atoms with van der Waals surface area (Å²) in [5, 5.41) is 4.29. The Morgan fingerprint density at radius 3 is 2.34 bits per heavy atom. The van der Waals surface area contributed by atoms with Gasteiger partial charge in [0.2, 0.25) is 0 Å². The summed E-state index contributed by atoms with van der Waals surface area (Å²) in [5.41, 5.74) is 8.22.